The summed E-state index contributed by atoms with van der Waals surface area (Å²) in [6, 6.07) is 3.02. The maximum Gasteiger partial charge on any atom is 0.207 e. The Morgan fingerprint density at radius 1 is 1.03 bits per heavy atom. The average molecular weight is 504 g/mol. The number of rotatable bonds is 6. The van der Waals surface area contributed by atoms with Gasteiger partial charge in [0.25, 0.3) is 0 Å². The van der Waals surface area contributed by atoms with Gasteiger partial charge in [-0.2, -0.15) is 13.9 Å². The molecule has 13 heteroatoms. The van der Waals surface area contributed by atoms with Crippen LogP contribution in [0, 0.1) is 29.1 Å². The van der Waals surface area contributed by atoms with Gasteiger partial charge >= 0.3 is 0 Å². The van der Waals surface area contributed by atoms with Gasteiger partial charge in [-0.15, -0.1) is 0 Å². The first-order valence-corrected chi connectivity index (χ1v) is 10.8. The molecule has 1 amide bonds. The summed E-state index contributed by atoms with van der Waals surface area (Å²) in [6.07, 6.45) is 3.87. The molecule has 186 valence electrons. The predicted molar refractivity (Wildman–Crippen MR) is 117 cm³/mol. The van der Waals surface area contributed by atoms with Gasteiger partial charge in [0.05, 0.1) is 11.4 Å². The molecular weight excluding hydrogens is 487 g/mol. The third-order valence-electron chi connectivity index (χ3n) is 6.06. The quantitative estimate of drug-likeness (QED) is 0.229. The molecule has 8 nitrogen and oxygen atoms in total. The minimum Gasteiger partial charge on any atom is -0.451 e. The molecular formula is C23H17F5N6O2. The van der Waals surface area contributed by atoms with Crippen molar-refractivity contribution in [3.63, 3.8) is 0 Å². The van der Waals surface area contributed by atoms with Crippen molar-refractivity contribution >= 4 is 23.3 Å². The highest BCUT2D eigenvalue weighted by Gasteiger charge is 2.30. The topological polar surface area (TPSA) is 108 Å². The van der Waals surface area contributed by atoms with Crippen LogP contribution < -0.4 is 15.8 Å². The molecule has 3 N–H and O–H groups in total. The molecule has 0 saturated heterocycles. The fourth-order valence-corrected chi connectivity index (χ4v) is 4.38. The number of hydrogen-bond donors (Lipinski definition) is 2. The van der Waals surface area contributed by atoms with Gasteiger partial charge in [-0.25, -0.2) is 27.8 Å². The first kappa shape index (κ1) is 23.5. The van der Waals surface area contributed by atoms with E-state index in [9.17, 15) is 22.4 Å². The standard InChI is InChI=1S/C23H17F5N6O2/c24-14-6-12(36-21-18(27)15(25)7-16(26)19(21)28)3-4-13(14)20-17-22(29)30-8-31-23(17)34(33-20)11-2-1-10(5-11)32-9-35/h3-4,6-11H,1-2,5H2,(H,32,35)(H2,29,30,31). The number of hydrogen-bond acceptors (Lipinski definition) is 6. The smallest absolute Gasteiger partial charge is 0.207 e. The lowest BCUT2D eigenvalue weighted by atomic mass is 10.1. The zero-order valence-corrected chi connectivity index (χ0v) is 18.3. The van der Waals surface area contributed by atoms with Gasteiger partial charge in [0, 0.05) is 23.7 Å². The largest absolute Gasteiger partial charge is 0.451 e. The van der Waals surface area contributed by atoms with Gasteiger partial charge < -0.3 is 15.8 Å². The minimum atomic E-state index is -1.76. The van der Waals surface area contributed by atoms with E-state index >= 15 is 4.39 Å². The predicted octanol–water partition coefficient (Wildman–Crippen LogP) is 4.40. The lowest BCUT2D eigenvalue weighted by Crippen LogP contribution is -2.25. The summed E-state index contributed by atoms with van der Waals surface area (Å²) in [5, 5.41) is 7.57. The molecule has 2 aromatic carbocycles. The summed E-state index contributed by atoms with van der Waals surface area (Å²) in [7, 11) is 0. The van der Waals surface area contributed by atoms with Gasteiger partial charge in [0.15, 0.2) is 17.3 Å². The molecule has 0 aliphatic heterocycles. The van der Waals surface area contributed by atoms with E-state index in [2.05, 4.69) is 20.4 Å². The third-order valence-corrected chi connectivity index (χ3v) is 6.06. The van der Waals surface area contributed by atoms with Crippen LogP contribution in [0.5, 0.6) is 11.5 Å². The SMILES string of the molecule is Nc1ncnc2c1c(-c1ccc(Oc3c(F)c(F)cc(F)c3F)cc1F)nn2C1CCC(NC=O)C1. The second kappa shape index (κ2) is 9.06. The Kier molecular flexibility index (Phi) is 5.90. The molecule has 2 heterocycles. The number of aromatic nitrogens is 4. The highest BCUT2D eigenvalue weighted by Crippen LogP contribution is 2.39. The maximum atomic E-state index is 15.2. The van der Waals surface area contributed by atoms with Gasteiger partial charge in [-0.3, -0.25) is 4.79 Å². The minimum absolute atomic E-state index is 0.0384. The molecule has 0 bridgehead atoms. The van der Waals surface area contributed by atoms with E-state index in [4.69, 9.17) is 10.5 Å². The number of nitrogens with one attached hydrogen (secondary N) is 1. The second-order valence-electron chi connectivity index (χ2n) is 8.24. The highest BCUT2D eigenvalue weighted by molar-refractivity contribution is 5.98. The summed E-state index contributed by atoms with van der Waals surface area (Å²) in [5.41, 5.74) is 6.51. The molecule has 2 unspecified atom stereocenters. The number of fused-ring (bicyclic) bond motifs is 1. The average Bonchev–Trinajstić information content (AvgIpc) is 3.46. The summed E-state index contributed by atoms with van der Waals surface area (Å²) in [6.45, 7) is 0. The molecule has 1 aliphatic rings. The number of benzene rings is 2. The van der Waals surface area contributed by atoms with Crippen molar-refractivity contribution in [1.82, 2.24) is 25.1 Å². The lowest BCUT2D eigenvalue weighted by molar-refractivity contribution is -0.110. The van der Waals surface area contributed by atoms with Gasteiger partial charge in [-0.05, 0) is 31.4 Å². The van der Waals surface area contributed by atoms with Crippen molar-refractivity contribution in [2.75, 3.05) is 5.73 Å². The molecule has 1 saturated carbocycles. The van der Waals surface area contributed by atoms with Crippen LogP contribution in [-0.4, -0.2) is 32.2 Å². The number of nitrogens with two attached hydrogens (primary N) is 1. The molecule has 2 aromatic heterocycles. The van der Waals surface area contributed by atoms with E-state index in [0.717, 1.165) is 18.6 Å². The van der Waals surface area contributed by atoms with Crippen LogP contribution in [0.15, 0.2) is 30.6 Å². The zero-order valence-electron chi connectivity index (χ0n) is 18.3. The number of ether oxygens (including phenoxy) is 1. The van der Waals surface area contributed by atoms with E-state index in [1.54, 1.807) is 4.68 Å². The molecule has 0 radical (unpaired) electrons. The van der Waals surface area contributed by atoms with Crippen molar-refractivity contribution in [2.45, 2.75) is 31.3 Å². The van der Waals surface area contributed by atoms with E-state index in [0.29, 0.717) is 30.3 Å². The van der Waals surface area contributed by atoms with Crippen molar-refractivity contribution in [3.05, 3.63) is 59.7 Å². The number of anilines is 1. The lowest BCUT2D eigenvalue weighted by Gasteiger charge is -2.12. The Hall–Kier alpha value is -4.29. The summed E-state index contributed by atoms with van der Waals surface area (Å²) < 4.78 is 76.6. The summed E-state index contributed by atoms with van der Waals surface area (Å²) >= 11 is 0. The fraction of sp³-hybridized carbons (Fsp3) is 0.217. The Bertz CT molecular complexity index is 1470. The maximum absolute atomic E-state index is 15.2. The molecule has 0 spiro atoms. The van der Waals surface area contributed by atoms with E-state index in [-0.39, 0.29) is 35.2 Å². The highest BCUT2D eigenvalue weighted by atomic mass is 19.2. The number of amides is 1. The van der Waals surface area contributed by atoms with E-state index in [1.807, 2.05) is 0 Å². The molecule has 5 rings (SSSR count). The molecule has 1 aliphatic carbocycles. The fourth-order valence-electron chi connectivity index (χ4n) is 4.38. The van der Waals surface area contributed by atoms with Crippen LogP contribution in [0.3, 0.4) is 0 Å². The molecule has 4 aromatic rings. The summed E-state index contributed by atoms with van der Waals surface area (Å²) in [4.78, 5) is 19.0. The van der Waals surface area contributed by atoms with Crippen molar-refractivity contribution < 1.29 is 31.5 Å². The number of halogens is 5. The normalized spacial score (nSPS) is 17.5. The van der Waals surface area contributed by atoms with Crippen LogP contribution >= 0.6 is 0 Å². The number of nitrogen functional groups attached to an aromatic ring is 1. The van der Waals surface area contributed by atoms with Crippen molar-refractivity contribution in [3.8, 4) is 22.8 Å². The Morgan fingerprint density at radius 2 is 1.78 bits per heavy atom. The van der Waals surface area contributed by atoms with Gasteiger partial charge in [-0.1, -0.05) is 0 Å². The van der Waals surface area contributed by atoms with Crippen LogP contribution in [0.4, 0.5) is 27.8 Å². The summed E-state index contributed by atoms with van der Waals surface area (Å²) in [5.74, 6) is -9.44. The second-order valence-corrected chi connectivity index (χ2v) is 8.24. The molecule has 2 atom stereocenters. The van der Waals surface area contributed by atoms with Gasteiger partial charge in [0.1, 0.15) is 29.4 Å². The van der Waals surface area contributed by atoms with Crippen LogP contribution in [0.2, 0.25) is 0 Å². The third kappa shape index (κ3) is 3.95. The van der Waals surface area contributed by atoms with Crippen molar-refractivity contribution in [1.29, 1.82) is 0 Å². The Labute approximate surface area is 199 Å². The first-order chi connectivity index (χ1) is 17.3. The van der Waals surface area contributed by atoms with Crippen molar-refractivity contribution in [2.24, 2.45) is 0 Å². The number of carbonyl (C=O) groups is 1. The molecule has 1 fully saturated rings. The first-order valence-electron chi connectivity index (χ1n) is 10.8. The van der Waals surface area contributed by atoms with E-state index < -0.39 is 40.6 Å². The number of carbonyl (C=O) groups excluding carboxylic acids is 1. The van der Waals surface area contributed by atoms with Crippen LogP contribution in [0.1, 0.15) is 25.3 Å². The Balaban J connectivity index is 1.54. The van der Waals surface area contributed by atoms with Crippen LogP contribution in [-0.2, 0) is 4.79 Å². The Morgan fingerprint density at radius 3 is 2.47 bits per heavy atom. The molecule has 36 heavy (non-hydrogen) atoms. The van der Waals surface area contributed by atoms with Gasteiger partial charge in [0.2, 0.25) is 23.8 Å². The van der Waals surface area contributed by atoms with Crippen LogP contribution in [0.25, 0.3) is 22.3 Å². The zero-order chi connectivity index (χ0) is 25.6. The number of nitrogens with zero attached hydrogens (tertiary/aromatic N) is 4. The monoisotopic (exact) mass is 504 g/mol. The van der Waals surface area contributed by atoms with E-state index in [1.165, 1.54) is 12.4 Å².